The molecule has 36 heavy (non-hydrogen) atoms. The van der Waals surface area contributed by atoms with E-state index in [1.807, 2.05) is 37.1 Å². The van der Waals surface area contributed by atoms with E-state index >= 15 is 0 Å². The highest BCUT2D eigenvalue weighted by Crippen LogP contribution is 2.27. The standard InChI is InChI=1S/C26H34N6O4/c1-5-27-10-11-28-24(33)16-31(21-13-23-22(12-18(21)2)29(3)26(35)36-23)17-25(34)30(4)32-14-19-8-6-7-9-20(19)15-32/h6-9,12-13,27H,5,10-11,14-17H2,1-4H3,(H,28,33). The van der Waals surface area contributed by atoms with Crippen molar-refractivity contribution in [2.24, 2.45) is 7.05 Å². The molecule has 0 spiro atoms. The fraction of sp³-hybridized carbons (Fsp3) is 0.423. The lowest BCUT2D eigenvalue weighted by atomic mass is 10.1. The van der Waals surface area contributed by atoms with Crippen LogP contribution in [0.4, 0.5) is 5.69 Å². The first-order chi connectivity index (χ1) is 17.3. The van der Waals surface area contributed by atoms with Crippen molar-refractivity contribution in [3.8, 4) is 0 Å². The number of rotatable bonds is 10. The molecular weight excluding hydrogens is 460 g/mol. The molecule has 0 saturated carbocycles. The summed E-state index contributed by atoms with van der Waals surface area (Å²) < 4.78 is 6.82. The number of aryl methyl sites for hydroxylation is 2. The van der Waals surface area contributed by atoms with Gasteiger partial charge in [-0.2, -0.15) is 0 Å². The fourth-order valence-electron chi connectivity index (χ4n) is 4.48. The third-order valence-corrected chi connectivity index (χ3v) is 6.59. The molecule has 0 unspecified atom stereocenters. The monoisotopic (exact) mass is 494 g/mol. The van der Waals surface area contributed by atoms with Crippen LogP contribution >= 0.6 is 0 Å². The van der Waals surface area contributed by atoms with E-state index in [-0.39, 0.29) is 24.9 Å². The zero-order valence-corrected chi connectivity index (χ0v) is 21.3. The van der Waals surface area contributed by atoms with Gasteiger partial charge in [0.05, 0.1) is 18.6 Å². The molecule has 0 radical (unpaired) electrons. The highest BCUT2D eigenvalue weighted by molar-refractivity contribution is 5.89. The van der Waals surface area contributed by atoms with Gasteiger partial charge in [-0.1, -0.05) is 31.2 Å². The van der Waals surface area contributed by atoms with Crippen LogP contribution in [0.25, 0.3) is 11.1 Å². The Morgan fingerprint density at radius 1 is 1.08 bits per heavy atom. The number of anilines is 1. The van der Waals surface area contributed by atoms with Gasteiger partial charge in [0.15, 0.2) is 5.58 Å². The molecule has 1 aromatic heterocycles. The first-order valence-electron chi connectivity index (χ1n) is 12.2. The second-order valence-electron chi connectivity index (χ2n) is 9.10. The van der Waals surface area contributed by atoms with Crippen molar-refractivity contribution in [1.82, 2.24) is 25.2 Å². The minimum absolute atomic E-state index is 0.00462. The number of benzene rings is 2. The maximum absolute atomic E-state index is 13.4. The topological polar surface area (TPSA) is 103 Å². The third-order valence-electron chi connectivity index (χ3n) is 6.59. The minimum atomic E-state index is -0.460. The van der Waals surface area contributed by atoms with Crippen LogP contribution in [0, 0.1) is 6.92 Å². The summed E-state index contributed by atoms with van der Waals surface area (Å²) in [5, 5.41) is 9.70. The highest BCUT2D eigenvalue weighted by atomic mass is 16.4. The Balaban J connectivity index is 1.54. The number of nitrogens with one attached hydrogen (secondary N) is 2. The summed E-state index contributed by atoms with van der Waals surface area (Å²) in [7, 11) is 3.41. The van der Waals surface area contributed by atoms with E-state index < -0.39 is 5.76 Å². The van der Waals surface area contributed by atoms with Gasteiger partial charge in [0.2, 0.25) is 5.91 Å². The number of amides is 2. The van der Waals surface area contributed by atoms with Gasteiger partial charge in [0.1, 0.15) is 0 Å². The van der Waals surface area contributed by atoms with Gasteiger partial charge in [-0.15, -0.1) is 0 Å². The number of oxazole rings is 1. The Morgan fingerprint density at radius 3 is 2.44 bits per heavy atom. The predicted molar refractivity (Wildman–Crippen MR) is 138 cm³/mol. The summed E-state index contributed by atoms with van der Waals surface area (Å²) in [4.78, 5) is 40.0. The van der Waals surface area contributed by atoms with E-state index in [1.165, 1.54) is 15.7 Å². The van der Waals surface area contributed by atoms with Crippen molar-refractivity contribution in [1.29, 1.82) is 0 Å². The van der Waals surface area contributed by atoms with Crippen molar-refractivity contribution in [3.05, 3.63) is 63.6 Å². The van der Waals surface area contributed by atoms with Crippen LogP contribution in [-0.4, -0.2) is 66.2 Å². The molecule has 0 bridgehead atoms. The molecule has 4 rings (SSSR count). The molecule has 2 aromatic carbocycles. The number of carbonyl (C=O) groups is 2. The quantitative estimate of drug-likeness (QED) is 0.410. The van der Waals surface area contributed by atoms with Gasteiger partial charge in [-0.3, -0.25) is 19.2 Å². The van der Waals surface area contributed by atoms with E-state index in [4.69, 9.17) is 4.42 Å². The largest absolute Gasteiger partial charge is 0.419 e. The fourth-order valence-corrected chi connectivity index (χ4v) is 4.48. The number of likely N-dealkylation sites (N-methyl/N-ethyl adjacent to an activating group) is 2. The molecule has 0 atom stereocenters. The Bertz CT molecular complexity index is 1290. The van der Waals surface area contributed by atoms with Crippen LogP contribution in [0.2, 0.25) is 0 Å². The van der Waals surface area contributed by atoms with Crippen LogP contribution in [-0.2, 0) is 29.7 Å². The van der Waals surface area contributed by atoms with Gasteiger partial charge < -0.3 is 20.0 Å². The van der Waals surface area contributed by atoms with E-state index in [0.29, 0.717) is 43.0 Å². The van der Waals surface area contributed by atoms with E-state index in [9.17, 15) is 14.4 Å². The SMILES string of the molecule is CCNCCNC(=O)CN(CC(=O)N(C)N1Cc2ccccc2C1)c1cc2oc(=O)n(C)c2cc1C. The molecule has 2 N–H and O–H groups in total. The maximum atomic E-state index is 13.4. The second kappa shape index (κ2) is 11.0. The molecule has 192 valence electrons. The zero-order chi connectivity index (χ0) is 25.8. The molecule has 2 amide bonds. The summed E-state index contributed by atoms with van der Waals surface area (Å²) in [5.74, 6) is -0.790. The number of hydrogen-bond donors (Lipinski definition) is 2. The van der Waals surface area contributed by atoms with Crippen LogP contribution in [0.1, 0.15) is 23.6 Å². The first-order valence-corrected chi connectivity index (χ1v) is 12.2. The summed E-state index contributed by atoms with van der Waals surface area (Å²) in [6.07, 6.45) is 0. The van der Waals surface area contributed by atoms with Gasteiger partial charge in [-0.05, 0) is 36.2 Å². The zero-order valence-electron chi connectivity index (χ0n) is 21.3. The maximum Gasteiger partial charge on any atom is 0.419 e. The van der Waals surface area contributed by atoms with Gasteiger partial charge in [0.25, 0.3) is 5.91 Å². The molecule has 0 saturated heterocycles. The normalized spacial score (nSPS) is 13.1. The number of hydrogen-bond acceptors (Lipinski definition) is 7. The lowest BCUT2D eigenvalue weighted by Gasteiger charge is -2.32. The number of carbonyl (C=O) groups excluding carboxylic acids is 2. The van der Waals surface area contributed by atoms with Crippen LogP contribution < -0.4 is 21.3 Å². The molecule has 10 nitrogen and oxygen atoms in total. The summed E-state index contributed by atoms with van der Waals surface area (Å²) in [6, 6.07) is 11.7. The van der Waals surface area contributed by atoms with Crippen LogP contribution in [0.15, 0.2) is 45.6 Å². The molecule has 1 aliphatic rings. The molecule has 2 heterocycles. The average molecular weight is 495 g/mol. The third kappa shape index (κ3) is 5.44. The average Bonchev–Trinajstić information content (AvgIpc) is 3.41. The number of hydrazine groups is 1. The smallest absolute Gasteiger partial charge is 0.408 e. The van der Waals surface area contributed by atoms with Gasteiger partial charge in [0, 0.05) is 52.0 Å². The van der Waals surface area contributed by atoms with Crippen molar-refractivity contribution >= 4 is 28.6 Å². The second-order valence-corrected chi connectivity index (χ2v) is 9.10. The lowest BCUT2D eigenvalue weighted by Crippen LogP contribution is -2.48. The van der Waals surface area contributed by atoms with E-state index in [0.717, 1.165) is 12.1 Å². The van der Waals surface area contributed by atoms with Crippen molar-refractivity contribution < 1.29 is 14.0 Å². The lowest BCUT2D eigenvalue weighted by molar-refractivity contribution is -0.145. The number of nitrogens with zero attached hydrogens (tertiary/aromatic N) is 4. The number of aromatic nitrogens is 1. The van der Waals surface area contributed by atoms with Crippen molar-refractivity contribution in [2.75, 3.05) is 44.7 Å². The Labute approximate surface area is 210 Å². The molecule has 0 aliphatic carbocycles. The first kappa shape index (κ1) is 25.5. The molecule has 0 fully saturated rings. The molecule has 3 aromatic rings. The van der Waals surface area contributed by atoms with Crippen LogP contribution in [0.3, 0.4) is 0 Å². The van der Waals surface area contributed by atoms with Gasteiger partial charge in [-0.25, -0.2) is 9.80 Å². The Morgan fingerprint density at radius 2 is 1.78 bits per heavy atom. The molecular formula is C26H34N6O4. The van der Waals surface area contributed by atoms with Crippen molar-refractivity contribution in [2.45, 2.75) is 26.9 Å². The minimum Gasteiger partial charge on any atom is -0.408 e. The molecule has 1 aliphatic heterocycles. The Hall–Kier alpha value is -3.63. The van der Waals surface area contributed by atoms with Crippen molar-refractivity contribution in [3.63, 3.8) is 0 Å². The Kier molecular flexibility index (Phi) is 7.76. The van der Waals surface area contributed by atoms with E-state index in [1.54, 1.807) is 30.1 Å². The van der Waals surface area contributed by atoms with Crippen LogP contribution in [0.5, 0.6) is 0 Å². The summed E-state index contributed by atoms with van der Waals surface area (Å²) in [6.45, 7) is 7.19. The van der Waals surface area contributed by atoms with Gasteiger partial charge >= 0.3 is 5.76 Å². The highest BCUT2D eigenvalue weighted by Gasteiger charge is 2.27. The summed E-state index contributed by atoms with van der Waals surface area (Å²) in [5.41, 5.74) is 4.99. The number of fused-ring (bicyclic) bond motifs is 2. The molecule has 10 heteroatoms. The predicted octanol–water partition coefficient (Wildman–Crippen LogP) is 1.36. The summed E-state index contributed by atoms with van der Waals surface area (Å²) >= 11 is 0. The van der Waals surface area contributed by atoms with E-state index in [2.05, 4.69) is 22.8 Å².